The summed E-state index contributed by atoms with van der Waals surface area (Å²) in [5, 5.41) is 10.9. The Bertz CT molecular complexity index is 870. The lowest BCUT2D eigenvalue weighted by molar-refractivity contribution is -0.255. The maximum Gasteiger partial charge on any atom is 0.261 e. The van der Waals surface area contributed by atoms with Gasteiger partial charge < -0.3 is 9.90 Å². The smallest absolute Gasteiger partial charge is 0.261 e. The number of ketones is 1. The number of rotatable bonds is 5. The van der Waals surface area contributed by atoms with Gasteiger partial charge in [0.15, 0.2) is 5.78 Å². The fraction of sp³-hybridized carbons (Fsp3) is 0.125. The third-order valence-corrected chi connectivity index (χ3v) is 4.67. The molecule has 0 bridgehead atoms. The first-order valence-corrected chi connectivity index (χ1v) is 8.15. The van der Waals surface area contributed by atoms with Crippen LogP contribution >= 0.6 is 0 Å². The summed E-state index contributed by atoms with van der Waals surface area (Å²) in [5.41, 5.74) is 1.00. The first-order valence-electron chi connectivity index (χ1n) is 6.66. The van der Waals surface area contributed by atoms with E-state index in [0.717, 1.165) is 0 Å². The van der Waals surface area contributed by atoms with Crippen molar-refractivity contribution in [2.75, 3.05) is 4.72 Å². The topological polar surface area (TPSA) is 103 Å². The number of hydrogen-bond donors (Lipinski definition) is 1. The average molecular weight is 332 g/mol. The molecule has 0 unspecified atom stereocenters. The number of anilines is 1. The molecule has 120 valence electrons. The molecule has 2 aromatic rings. The highest BCUT2D eigenvalue weighted by atomic mass is 32.2. The van der Waals surface area contributed by atoms with Crippen LogP contribution in [0.4, 0.5) is 5.69 Å². The van der Waals surface area contributed by atoms with Gasteiger partial charge in [0.25, 0.3) is 10.0 Å². The Labute approximate surface area is 133 Å². The second kappa shape index (κ2) is 6.21. The molecule has 0 amide bonds. The number of aromatic carboxylic acids is 1. The lowest BCUT2D eigenvalue weighted by atomic mass is 10.1. The van der Waals surface area contributed by atoms with E-state index in [1.165, 1.54) is 49.4 Å². The molecule has 6 nitrogen and oxygen atoms in total. The van der Waals surface area contributed by atoms with Crippen LogP contribution in [0.1, 0.15) is 33.2 Å². The molecule has 0 heterocycles. The van der Waals surface area contributed by atoms with Crippen LogP contribution in [-0.4, -0.2) is 20.2 Å². The van der Waals surface area contributed by atoms with Crippen molar-refractivity contribution in [2.45, 2.75) is 18.7 Å². The molecule has 0 fully saturated rings. The summed E-state index contributed by atoms with van der Waals surface area (Å²) in [6.07, 6.45) is 0. The molecule has 7 heteroatoms. The monoisotopic (exact) mass is 332 g/mol. The molecule has 0 radical (unpaired) electrons. The summed E-state index contributed by atoms with van der Waals surface area (Å²) >= 11 is 0. The number of carboxylic acids is 1. The Kier molecular flexibility index (Phi) is 4.51. The minimum atomic E-state index is -3.90. The van der Waals surface area contributed by atoms with Gasteiger partial charge in [-0.3, -0.25) is 9.52 Å². The fourth-order valence-electron chi connectivity index (χ4n) is 1.93. The van der Waals surface area contributed by atoms with Crippen molar-refractivity contribution in [2.24, 2.45) is 0 Å². The van der Waals surface area contributed by atoms with Crippen molar-refractivity contribution in [3.63, 3.8) is 0 Å². The Morgan fingerprint density at radius 1 is 1.00 bits per heavy atom. The normalized spacial score (nSPS) is 11.0. The average Bonchev–Trinajstić information content (AvgIpc) is 2.49. The summed E-state index contributed by atoms with van der Waals surface area (Å²) in [6, 6.07) is 9.49. The van der Waals surface area contributed by atoms with Crippen molar-refractivity contribution in [1.29, 1.82) is 0 Å². The largest absolute Gasteiger partial charge is 0.545 e. The van der Waals surface area contributed by atoms with Crippen molar-refractivity contribution >= 4 is 27.5 Å². The van der Waals surface area contributed by atoms with Crippen LogP contribution in [0.25, 0.3) is 0 Å². The fourth-order valence-corrected chi connectivity index (χ4v) is 3.05. The number of nitrogens with one attached hydrogen (secondary N) is 1. The van der Waals surface area contributed by atoms with Crippen molar-refractivity contribution in [1.82, 2.24) is 0 Å². The molecule has 0 aliphatic carbocycles. The van der Waals surface area contributed by atoms with Crippen molar-refractivity contribution < 1.29 is 23.1 Å². The Morgan fingerprint density at radius 3 is 2.09 bits per heavy atom. The molecular formula is C16H14NO5S-. The van der Waals surface area contributed by atoms with Crippen LogP contribution in [0.3, 0.4) is 0 Å². The lowest BCUT2D eigenvalue weighted by Gasteiger charge is -2.13. The number of hydrogen-bond acceptors (Lipinski definition) is 5. The quantitative estimate of drug-likeness (QED) is 0.833. The standard InChI is InChI=1S/C16H15NO5S/c1-10-3-4-13(16(19)20)9-15(10)17-23(21,22)14-7-5-12(6-8-14)11(2)18/h3-9,17H,1-2H3,(H,19,20)/p-1. The number of sulfonamides is 1. The van der Waals surface area contributed by atoms with E-state index in [-0.39, 0.29) is 21.9 Å². The van der Waals surface area contributed by atoms with Gasteiger partial charge >= 0.3 is 0 Å². The molecule has 0 saturated carbocycles. The summed E-state index contributed by atoms with van der Waals surface area (Å²) < 4.78 is 27.1. The summed E-state index contributed by atoms with van der Waals surface area (Å²) in [6.45, 7) is 3.03. The van der Waals surface area contributed by atoms with Crippen molar-refractivity contribution in [3.05, 3.63) is 59.2 Å². The second-order valence-electron chi connectivity index (χ2n) is 5.00. The zero-order valence-corrected chi connectivity index (χ0v) is 13.3. The third-order valence-electron chi connectivity index (χ3n) is 3.29. The van der Waals surface area contributed by atoms with Gasteiger partial charge in [0, 0.05) is 5.56 Å². The molecule has 0 aromatic heterocycles. The number of Topliss-reactive ketones (excluding diaryl/α,β-unsaturated/α-hetero) is 1. The first-order chi connectivity index (χ1) is 10.7. The summed E-state index contributed by atoms with van der Waals surface area (Å²) in [4.78, 5) is 22.1. The van der Waals surface area contributed by atoms with E-state index in [9.17, 15) is 23.1 Å². The number of carboxylic acid groups (broad SMARTS) is 1. The number of carbonyl (C=O) groups excluding carboxylic acids is 2. The van der Waals surface area contributed by atoms with Gasteiger partial charge in [0.05, 0.1) is 16.6 Å². The molecule has 0 saturated heterocycles. The molecule has 1 N–H and O–H groups in total. The molecule has 2 rings (SSSR count). The van der Waals surface area contributed by atoms with E-state index in [2.05, 4.69) is 4.72 Å². The first kappa shape index (κ1) is 16.7. The van der Waals surface area contributed by atoms with Gasteiger partial charge in [0.1, 0.15) is 0 Å². The molecular weight excluding hydrogens is 318 g/mol. The number of carbonyl (C=O) groups is 2. The zero-order chi connectivity index (χ0) is 17.2. The maximum absolute atomic E-state index is 12.4. The minimum absolute atomic E-state index is 0.0271. The van der Waals surface area contributed by atoms with E-state index in [4.69, 9.17) is 0 Å². The van der Waals surface area contributed by atoms with Crippen LogP contribution in [0.5, 0.6) is 0 Å². The minimum Gasteiger partial charge on any atom is -0.545 e. The van der Waals surface area contributed by atoms with E-state index >= 15 is 0 Å². The SMILES string of the molecule is CC(=O)c1ccc(S(=O)(=O)Nc2cc(C(=O)[O-])ccc2C)cc1. The third kappa shape index (κ3) is 3.75. The highest BCUT2D eigenvalue weighted by molar-refractivity contribution is 7.92. The Morgan fingerprint density at radius 2 is 1.57 bits per heavy atom. The lowest BCUT2D eigenvalue weighted by Crippen LogP contribution is -2.22. The molecule has 0 aliphatic rings. The molecule has 0 aliphatic heterocycles. The highest BCUT2D eigenvalue weighted by Crippen LogP contribution is 2.21. The van der Waals surface area contributed by atoms with E-state index < -0.39 is 16.0 Å². The van der Waals surface area contributed by atoms with Crippen LogP contribution < -0.4 is 9.83 Å². The highest BCUT2D eigenvalue weighted by Gasteiger charge is 2.16. The number of benzene rings is 2. The molecule has 0 atom stereocenters. The predicted octanol–water partition coefficient (Wildman–Crippen LogP) is 1.36. The van der Waals surface area contributed by atoms with E-state index in [1.807, 2.05) is 0 Å². The Hall–Kier alpha value is -2.67. The van der Waals surface area contributed by atoms with Crippen LogP contribution in [0, 0.1) is 6.92 Å². The molecule has 0 spiro atoms. The number of aryl methyl sites for hydroxylation is 1. The van der Waals surface area contributed by atoms with Gasteiger partial charge in [-0.05, 0) is 43.2 Å². The predicted molar refractivity (Wildman–Crippen MR) is 82.8 cm³/mol. The van der Waals surface area contributed by atoms with E-state index in [1.54, 1.807) is 6.92 Å². The van der Waals surface area contributed by atoms with Crippen LogP contribution in [0.2, 0.25) is 0 Å². The van der Waals surface area contributed by atoms with Gasteiger partial charge in [-0.2, -0.15) is 0 Å². The Balaban J connectivity index is 2.36. The summed E-state index contributed by atoms with van der Waals surface area (Å²) in [7, 11) is -3.90. The summed E-state index contributed by atoms with van der Waals surface area (Å²) in [5.74, 6) is -1.56. The van der Waals surface area contributed by atoms with Gasteiger partial charge in [-0.25, -0.2) is 8.42 Å². The zero-order valence-electron chi connectivity index (χ0n) is 12.5. The van der Waals surface area contributed by atoms with E-state index in [0.29, 0.717) is 11.1 Å². The second-order valence-corrected chi connectivity index (χ2v) is 6.69. The molecule has 23 heavy (non-hydrogen) atoms. The van der Waals surface area contributed by atoms with Gasteiger partial charge in [-0.1, -0.05) is 24.3 Å². The van der Waals surface area contributed by atoms with Crippen LogP contribution in [0.15, 0.2) is 47.4 Å². The van der Waals surface area contributed by atoms with Gasteiger partial charge in [-0.15, -0.1) is 0 Å². The maximum atomic E-state index is 12.4. The van der Waals surface area contributed by atoms with Crippen LogP contribution in [-0.2, 0) is 10.0 Å². The molecule has 2 aromatic carbocycles. The van der Waals surface area contributed by atoms with Crippen molar-refractivity contribution in [3.8, 4) is 0 Å². The van der Waals surface area contributed by atoms with Gasteiger partial charge in [0.2, 0.25) is 0 Å².